The molecule has 1 aromatic carbocycles. The highest BCUT2D eigenvalue weighted by Gasteiger charge is 2.03. The maximum absolute atomic E-state index is 13.0. The smallest absolute Gasteiger partial charge is 0.141 e. The van der Waals surface area contributed by atoms with Crippen LogP contribution >= 0.6 is 11.6 Å². The maximum Gasteiger partial charge on any atom is 0.141 e. The van der Waals surface area contributed by atoms with Crippen LogP contribution in [-0.2, 0) is 6.54 Å². The molecule has 1 N–H and O–H groups in total. The number of hydrogen-bond donors (Lipinski definition) is 1. The summed E-state index contributed by atoms with van der Waals surface area (Å²) in [5.41, 5.74) is 1.48. The predicted molar refractivity (Wildman–Crippen MR) is 69.5 cm³/mol. The van der Waals surface area contributed by atoms with Gasteiger partial charge in [0.05, 0.1) is 24.0 Å². The molecule has 0 spiro atoms. The van der Waals surface area contributed by atoms with E-state index < -0.39 is 0 Å². The Labute approximate surface area is 110 Å². The van der Waals surface area contributed by atoms with Crippen LogP contribution in [0.2, 0.25) is 5.02 Å². The lowest BCUT2D eigenvalue weighted by atomic mass is 10.2. The Kier molecular flexibility index (Phi) is 3.99. The number of pyridine rings is 1. The zero-order chi connectivity index (χ0) is 13.0. The average Bonchev–Trinajstić information content (AvgIpc) is 2.38. The fourth-order valence-corrected chi connectivity index (χ4v) is 1.70. The lowest BCUT2D eigenvalue weighted by Gasteiger charge is -2.10. The molecule has 0 saturated heterocycles. The summed E-state index contributed by atoms with van der Waals surface area (Å²) in [5.74, 6) is 0.352. The number of aromatic nitrogens is 1. The number of halogens is 2. The first kappa shape index (κ1) is 12.6. The molecule has 0 aliphatic heterocycles. The standard InChI is InChI=1S/C13H12ClFN2O/c1-18-11-2-3-12(14)13(5-11)17-7-9-4-10(15)8-16-6-9/h2-6,8,17H,7H2,1H3. The number of anilines is 1. The molecule has 0 bridgehead atoms. The van der Waals surface area contributed by atoms with Gasteiger partial charge in [-0.15, -0.1) is 0 Å². The van der Waals surface area contributed by atoms with Gasteiger partial charge in [0.15, 0.2) is 0 Å². The van der Waals surface area contributed by atoms with Gasteiger partial charge in [-0.3, -0.25) is 4.98 Å². The molecule has 0 saturated carbocycles. The minimum Gasteiger partial charge on any atom is -0.497 e. The molecular weight excluding hydrogens is 255 g/mol. The van der Waals surface area contributed by atoms with Crippen molar-refractivity contribution in [3.63, 3.8) is 0 Å². The molecule has 0 aliphatic carbocycles. The van der Waals surface area contributed by atoms with Gasteiger partial charge in [-0.25, -0.2) is 4.39 Å². The topological polar surface area (TPSA) is 34.1 Å². The van der Waals surface area contributed by atoms with Crippen LogP contribution in [-0.4, -0.2) is 12.1 Å². The van der Waals surface area contributed by atoms with Crippen LogP contribution in [0.25, 0.3) is 0 Å². The minimum atomic E-state index is -0.356. The van der Waals surface area contributed by atoms with E-state index in [1.165, 1.54) is 12.3 Å². The third kappa shape index (κ3) is 3.11. The molecule has 2 aromatic rings. The first-order valence-corrected chi connectivity index (χ1v) is 5.73. The number of nitrogens with one attached hydrogen (secondary N) is 1. The van der Waals surface area contributed by atoms with Crippen LogP contribution < -0.4 is 10.1 Å². The summed E-state index contributed by atoms with van der Waals surface area (Å²) in [6.45, 7) is 0.442. The van der Waals surface area contributed by atoms with E-state index in [2.05, 4.69) is 10.3 Å². The molecule has 0 radical (unpaired) electrons. The van der Waals surface area contributed by atoms with Crippen molar-refractivity contribution in [3.05, 3.63) is 53.1 Å². The number of methoxy groups -OCH3 is 1. The van der Waals surface area contributed by atoms with Gasteiger partial charge in [-0.1, -0.05) is 11.6 Å². The quantitative estimate of drug-likeness (QED) is 0.920. The first-order chi connectivity index (χ1) is 8.69. The van der Waals surface area contributed by atoms with Crippen molar-refractivity contribution in [2.75, 3.05) is 12.4 Å². The molecule has 94 valence electrons. The van der Waals surface area contributed by atoms with E-state index in [-0.39, 0.29) is 5.82 Å². The van der Waals surface area contributed by atoms with Crippen LogP contribution in [0.15, 0.2) is 36.7 Å². The van der Waals surface area contributed by atoms with Gasteiger partial charge in [-0.05, 0) is 23.8 Å². The minimum absolute atomic E-state index is 0.356. The Morgan fingerprint density at radius 1 is 1.33 bits per heavy atom. The molecule has 1 heterocycles. The highest BCUT2D eigenvalue weighted by atomic mass is 35.5. The van der Waals surface area contributed by atoms with Gasteiger partial charge in [0, 0.05) is 18.8 Å². The SMILES string of the molecule is COc1ccc(Cl)c(NCc2cncc(F)c2)c1. The molecule has 0 atom stereocenters. The van der Waals surface area contributed by atoms with E-state index in [0.717, 1.165) is 11.3 Å². The highest BCUT2D eigenvalue weighted by molar-refractivity contribution is 6.33. The number of benzene rings is 1. The molecule has 0 aliphatic rings. The Hall–Kier alpha value is -1.81. The van der Waals surface area contributed by atoms with Crippen LogP contribution in [0.3, 0.4) is 0 Å². The third-order valence-electron chi connectivity index (χ3n) is 2.42. The van der Waals surface area contributed by atoms with E-state index in [0.29, 0.717) is 17.3 Å². The fraction of sp³-hybridized carbons (Fsp3) is 0.154. The van der Waals surface area contributed by atoms with E-state index in [1.54, 1.807) is 31.5 Å². The van der Waals surface area contributed by atoms with Crippen molar-refractivity contribution in [1.82, 2.24) is 4.98 Å². The fourth-order valence-electron chi connectivity index (χ4n) is 1.52. The van der Waals surface area contributed by atoms with Crippen molar-refractivity contribution in [2.45, 2.75) is 6.54 Å². The zero-order valence-corrected chi connectivity index (χ0v) is 10.5. The van der Waals surface area contributed by atoms with Crippen LogP contribution in [0.4, 0.5) is 10.1 Å². The van der Waals surface area contributed by atoms with Crippen LogP contribution in [0, 0.1) is 5.82 Å². The lowest BCUT2D eigenvalue weighted by molar-refractivity contribution is 0.415. The van der Waals surface area contributed by atoms with Gasteiger partial charge >= 0.3 is 0 Å². The summed E-state index contributed by atoms with van der Waals surface area (Å²) < 4.78 is 18.1. The van der Waals surface area contributed by atoms with Gasteiger partial charge in [0.25, 0.3) is 0 Å². The monoisotopic (exact) mass is 266 g/mol. The second kappa shape index (κ2) is 5.69. The van der Waals surface area contributed by atoms with Gasteiger partial charge in [0.1, 0.15) is 11.6 Å². The van der Waals surface area contributed by atoms with Crippen molar-refractivity contribution < 1.29 is 9.13 Å². The molecular formula is C13H12ClFN2O. The second-order valence-corrected chi connectivity index (χ2v) is 4.12. The van der Waals surface area contributed by atoms with E-state index in [4.69, 9.17) is 16.3 Å². The summed E-state index contributed by atoms with van der Waals surface area (Å²) in [6, 6.07) is 6.73. The molecule has 0 unspecified atom stereocenters. The molecule has 5 heteroatoms. The van der Waals surface area contributed by atoms with Crippen LogP contribution in [0.1, 0.15) is 5.56 Å². The summed E-state index contributed by atoms with van der Waals surface area (Å²) >= 11 is 6.04. The number of nitrogens with zero attached hydrogens (tertiary/aromatic N) is 1. The molecule has 2 rings (SSSR count). The Morgan fingerprint density at radius 2 is 2.17 bits per heavy atom. The van der Waals surface area contributed by atoms with Gasteiger partial charge in [-0.2, -0.15) is 0 Å². The van der Waals surface area contributed by atoms with Crippen LogP contribution in [0.5, 0.6) is 5.75 Å². The highest BCUT2D eigenvalue weighted by Crippen LogP contribution is 2.27. The van der Waals surface area contributed by atoms with Crippen molar-refractivity contribution in [2.24, 2.45) is 0 Å². The van der Waals surface area contributed by atoms with E-state index in [9.17, 15) is 4.39 Å². The normalized spacial score (nSPS) is 10.2. The van der Waals surface area contributed by atoms with Crippen molar-refractivity contribution >= 4 is 17.3 Å². The zero-order valence-electron chi connectivity index (χ0n) is 9.78. The largest absolute Gasteiger partial charge is 0.497 e. The average molecular weight is 267 g/mol. The maximum atomic E-state index is 13.0. The van der Waals surface area contributed by atoms with Crippen molar-refractivity contribution in [3.8, 4) is 5.75 Å². The number of ether oxygens (including phenoxy) is 1. The summed E-state index contributed by atoms with van der Waals surface area (Å²) in [4.78, 5) is 3.78. The molecule has 0 fully saturated rings. The predicted octanol–water partition coefficient (Wildman–Crippen LogP) is 3.49. The van der Waals surface area contributed by atoms with Crippen molar-refractivity contribution in [1.29, 1.82) is 0 Å². The molecule has 0 amide bonds. The molecule has 3 nitrogen and oxygen atoms in total. The van der Waals surface area contributed by atoms with Gasteiger partial charge < -0.3 is 10.1 Å². The molecule has 1 aromatic heterocycles. The van der Waals surface area contributed by atoms with E-state index in [1.807, 2.05) is 0 Å². The summed E-state index contributed by atoms with van der Waals surface area (Å²) in [7, 11) is 1.59. The third-order valence-corrected chi connectivity index (χ3v) is 2.75. The Bertz CT molecular complexity index is 548. The first-order valence-electron chi connectivity index (χ1n) is 5.36. The number of hydrogen-bond acceptors (Lipinski definition) is 3. The van der Waals surface area contributed by atoms with Gasteiger partial charge in [0.2, 0.25) is 0 Å². The lowest BCUT2D eigenvalue weighted by Crippen LogP contribution is -2.01. The Morgan fingerprint density at radius 3 is 2.89 bits per heavy atom. The Balaban J connectivity index is 2.10. The summed E-state index contributed by atoms with van der Waals surface area (Å²) in [5, 5.41) is 3.70. The number of rotatable bonds is 4. The second-order valence-electron chi connectivity index (χ2n) is 3.71. The summed E-state index contributed by atoms with van der Waals surface area (Å²) in [6.07, 6.45) is 2.77. The molecule has 18 heavy (non-hydrogen) atoms. The van der Waals surface area contributed by atoms with E-state index >= 15 is 0 Å².